The smallest absolute Gasteiger partial charge is 0.115 e. The Morgan fingerprint density at radius 2 is 1.44 bits per heavy atom. The molecule has 0 spiro atoms. The van der Waals surface area contributed by atoms with Crippen molar-refractivity contribution in [2.45, 2.75) is 19.3 Å². The number of hydrogen-bond donors (Lipinski definition) is 2. The fourth-order valence-electron chi connectivity index (χ4n) is 2.95. The van der Waals surface area contributed by atoms with Gasteiger partial charge in [-0.15, -0.1) is 0 Å². The van der Waals surface area contributed by atoms with Gasteiger partial charge in [-0.05, 0) is 29.3 Å². The van der Waals surface area contributed by atoms with Crippen molar-refractivity contribution in [3.8, 4) is 5.75 Å². The third kappa shape index (κ3) is 3.72. The maximum atomic E-state index is 9.56. The third-order valence-electron chi connectivity index (χ3n) is 4.47. The number of phenols is 1. The third-order valence-corrected chi connectivity index (χ3v) is 4.81. The standard InChI is InChI=1S/C22H21NOS/c1-22(2,17-12-14-18(24)15-13-17)19-10-6-7-11-20(19)23-21(25)16-8-4-3-5-9-16/h3-15,24H,1-2H3,(H,23,25). The number of nitrogens with one attached hydrogen (secondary N) is 1. The number of benzene rings is 3. The first-order valence-electron chi connectivity index (χ1n) is 8.24. The SMILES string of the molecule is CC(C)(c1ccc(O)cc1)c1ccccc1NC(=S)c1ccccc1. The molecule has 3 rings (SSSR count). The molecule has 0 aliphatic heterocycles. The van der Waals surface area contributed by atoms with E-state index in [4.69, 9.17) is 12.2 Å². The molecule has 2 nitrogen and oxygen atoms in total. The Labute approximate surface area is 154 Å². The molecule has 0 amide bonds. The fourth-order valence-corrected chi connectivity index (χ4v) is 3.20. The van der Waals surface area contributed by atoms with Crippen molar-refractivity contribution in [3.63, 3.8) is 0 Å². The van der Waals surface area contributed by atoms with E-state index in [1.165, 1.54) is 0 Å². The second kappa shape index (κ2) is 7.08. The van der Waals surface area contributed by atoms with Crippen LogP contribution in [0.4, 0.5) is 5.69 Å². The van der Waals surface area contributed by atoms with Crippen molar-refractivity contribution in [1.82, 2.24) is 0 Å². The van der Waals surface area contributed by atoms with Crippen LogP contribution in [0.2, 0.25) is 0 Å². The number of thiocarbonyl (C=S) groups is 1. The summed E-state index contributed by atoms with van der Waals surface area (Å²) in [4.78, 5) is 0.703. The maximum absolute atomic E-state index is 9.56. The Balaban J connectivity index is 1.95. The Morgan fingerprint density at radius 1 is 0.840 bits per heavy atom. The highest BCUT2D eigenvalue weighted by atomic mass is 32.1. The van der Waals surface area contributed by atoms with Gasteiger partial charge < -0.3 is 10.4 Å². The zero-order chi connectivity index (χ0) is 17.9. The molecule has 0 aliphatic carbocycles. The van der Waals surface area contributed by atoms with E-state index in [1.54, 1.807) is 12.1 Å². The van der Waals surface area contributed by atoms with Crippen LogP contribution in [-0.2, 0) is 5.41 Å². The van der Waals surface area contributed by atoms with Crippen molar-refractivity contribution in [1.29, 1.82) is 0 Å². The van der Waals surface area contributed by atoms with Crippen LogP contribution >= 0.6 is 12.2 Å². The summed E-state index contributed by atoms with van der Waals surface area (Å²) < 4.78 is 0. The maximum Gasteiger partial charge on any atom is 0.115 e. The molecule has 0 bridgehead atoms. The predicted molar refractivity (Wildman–Crippen MR) is 108 cm³/mol. The van der Waals surface area contributed by atoms with Gasteiger partial charge in [0, 0.05) is 16.7 Å². The van der Waals surface area contributed by atoms with Gasteiger partial charge >= 0.3 is 0 Å². The summed E-state index contributed by atoms with van der Waals surface area (Å²) in [6.45, 7) is 4.34. The highest BCUT2D eigenvalue weighted by molar-refractivity contribution is 7.81. The van der Waals surface area contributed by atoms with Crippen molar-refractivity contribution in [2.75, 3.05) is 5.32 Å². The Hall–Kier alpha value is -2.65. The van der Waals surface area contributed by atoms with E-state index < -0.39 is 0 Å². The van der Waals surface area contributed by atoms with E-state index in [0.717, 1.165) is 22.4 Å². The Kier molecular flexibility index (Phi) is 4.86. The number of anilines is 1. The summed E-state index contributed by atoms with van der Waals surface area (Å²) in [5.74, 6) is 0.274. The molecule has 0 aliphatic rings. The van der Waals surface area contributed by atoms with Gasteiger partial charge in [-0.1, -0.05) is 86.7 Å². The lowest BCUT2D eigenvalue weighted by atomic mass is 9.77. The van der Waals surface area contributed by atoms with Crippen molar-refractivity contribution in [3.05, 3.63) is 95.6 Å². The lowest BCUT2D eigenvalue weighted by molar-refractivity contribution is 0.474. The van der Waals surface area contributed by atoms with E-state index >= 15 is 0 Å². The minimum Gasteiger partial charge on any atom is -0.508 e. The summed E-state index contributed by atoms with van der Waals surface area (Å²) in [6, 6.07) is 25.5. The largest absolute Gasteiger partial charge is 0.508 e. The van der Waals surface area contributed by atoms with Gasteiger partial charge in [-0.25, -0.2) is 0 Å². The number of hydrogen-bond acceptors (Lipinski definition) is 2. The van der Waals surface area contributed by atoms with Crippen LogP contribution in [0, 0.1) is 0 Å². The molecular weight excluding hydrogens is 326 g/mol. The average Bonchev–Trinajstić information content (AvgIpc) is 2.63. The molecule has 0 saturated heterocycles. The molecule has 0 saturated carbocycles. The van der Waals surface area contributed by atoms with Gasteiger partial charge in [-0.2, -0.15) is 0 Å². The normalized spacial score (nSPS) is 11.1. The first-order valence-corrected chi connectivity index (χ1v) is 8.65. The summed E-state index contributed by atoms with van der Waals surface area (Å²) in [5.41, 5.74) is 4.04. The first-order chi connectivity index (χ1) is 12.0. The molecule has 0 radical (unpaired) electrons. The first kappa shape index (κ1) is 17.2. The lowest BCUT2D eigenvalue weighted by Gasteiger charge is -2.29. The Bertz CT molecular complexity index is 870. The Morgan fingerprint density at radius 3 is 2.12 bits per heavy atom. The van der Waals surface area contributed by atoms with E-state index in [1.807, 2.05) is 60.7 Å². The zero-order valence-corrected chi connectivity index (χ0v) is 15.2. The summed E-state index contributed by atoms with van der Waals surface area (Å²) in [6.07, 6.45) is 0. The van der Waals surface area contributed by atoms with Gasteiger partial charge in [0.1, 0.15) is 10.7 Å². The minimum atomic E-state index is -0.233. The molecule has 3 aromatic rings. The van der Waals surface area contributed by atoms with Gasteiger partial charge in [0.05, 0.1) is 0 Å². The highest BCUT2D eigenvalue weighted by Crippen LogP contribution is 2.36. The number of aromatic hydroxyl groups is 1. The molecule has 0 atom stereocenters. The minimum absolute atomic E-state index is 0.233. The van der Waals surface area contributed by atoms with Crippen molar-refractivity contribution in [2.24, 2.45) is 0 Å². The zero-order valence-electron chi connectivity index (χ0n) is 14.4. The predicted octanol–water partition coefficient (Wildman–Crippen LogP) is 5.51. The molecule has 3 aromatic carbocycles. The summed E-state index contributed by atoms with van der Waals surface area (Å²) in [5, 5.41) is 13.0. The number of para-hydroxylation sites is 1. The molecule has 0 fully saturated rings. The van der Waals surface area contributed by atoms with Gasteiger partial charge in [0.2, 0.25) is 0 Å². The van der Waals surface area contributed by atoms with E-state index in [0.29, 0.717) is 4.99 Å². The van der Waals surface area contributed by atoms with Crippen LogP contribution in [-0.4, -0.2) is 10.1 Å². The van der Waals surface area contributed by atoms with E-state index in [-0.39, 0.29) is 11.2 Å². The summed E-state index contributed by atoms with van der Waals surface area (Å²) in [7, 11) is 0. The van der Waals surface area contributed by atoms with Gasteiger partial charge in [-0.3, -0.25) is 0 Å². The molecular formula is C22H21NOS. The van der Waals surface area contributed by atoms with E-state index in [2.05, 4.69) is 25.2 Å². The monoisotopic (exact) mass is 347 g/mol. The van der Waals surface area contributed by atoms with Crippen LogP contribution in [0.15, 0.2) is 78.9 Å². The van der Waals surface area contributed by atoms with Crippen molar-refractivity contribution < 1.29 is 5.11 Å². The topological polar surface area (TPSA) is 32.3 Å². The molecule has 0 heterocycles. The lowest BCUT2D eigenvalue weighted by Crippen LogP contribution is -2.22. The van der Waals surface area contributed by atoms with Crippen LogP contribution in [0.3, 0.4) is 0 Å². The molecule has 3 heteroatoms. The molecule has 25 heavy (non-hydrogen) atoms. The summed E-state index contributed by atoms with van der Waals surface area (Å²) >= 11 is 5.57. The molecule has 2 N–H and O–H groups in total. The number of phenolic OH excluding ortho intramolecular Hbond substituents is 1. The van der Waals surface area contributed by atoms with Crippen LogP contribution < -0.4 is 5.32 Å². The molecule has 126 valence electrons. The van der Waals surface area contributed by atoms with Crippen LogP contribution in [0.1, 0.15) is 30.5 Å². The van der Waals surface area contributed by atoms with Crippen LogP contribution in [0.5, 0.6) is 5.75 Å². The quantitative estimate of drug-likeness (QED) is 0.611. The van der Waals surface area contributed by atoms with Crippen molar-refractivity contribution >= 4 is 22.9 Å². The fraction of sp³-hybridized carbons (Fsp3) is 0.136. The van der Waals surface area contributed by atoms with E-state index in [9.17, 15) is 5.11 Å². The number of rotatable bonds is 4. The van der Waals surface area contributed by atoms with Gasteiger partial charge in [0.15, 0.2) is 0 Å². The molecule has 0 unspecified atom stereocenters. The second-order valence-corrected chi connectivity index (χ2v) is 6.95. The van der Waals surface area contributed by atoms with Crippen LogP contribution in [0.25, 0.3) is 0 Å². The highest BCUT2D eigenvalue weighted by Gasteiger charge is 2.26. The average molecular weight is 347 g/mol. The van der Waals surface area contributed by atoms with Gasteiger partial charge in [0.25, 0.3) is 0 Å². The molecule has 0 aromatic heterocycles. The second-order valence-electron chi connectivity index (χ2n) is 6.54.